The Balaban J connectivity index is 1.70. The Morgan fingerprint density at radius 1 is 1.12 bits per heavy atom. The molecule has 2 aromatic rings. The number of hydrogen-bond donors (Lipinski definition) is 0. The standard InChI is InChI=1S/C17H11BrN2O6/c18-11-6-4-10(5-7-11)9-26-14(21)8-19-16(22)12-2-1-3-13(20(24)25)15(12)17(19)23/h1-7H,8-9H2. The molecule has 2 amide bonds. The monoisotopic (exact) mass is 418 g/mol. The number of amides is 2. The molecular weight excluding hydrogens is 408 g/mol. The molecule has 0 saturated heterocycles. The number of rotatable bonds is 5. The molecule has 0 aromatic heterocycles. The van der Waals surface area contributed by atoms with Crippen molar-refractivity contribution in [1.82, 2.24) is 4.90 Å². The summed E-state index contributed by atoms with van der Waals surface area (Å²) < 4.78 is 5.94. The number of fused-ring (bicyclic) bond motifs is 1. The number of halogens is 1. The molecule has 0 unspecified atom stereocenters. The van der Waals surface area contributed by atoms with Gasteiger partial charge in [-0.2, -0.15) is 0 Å². The molecule has 0 N–H and O–H groups in total. The van der Waals surface area contributed by atoms with Gasteiger partial charge in [0.2, 0.25) is 0 Å². The summed E-state index contributed by atoms with van der Waals surface area (Å²) in [6.45, 7) is -0.630. The molecule has 132 valence electrons. The Hall–Kier alpha value is -3.07. The van der Waals surface area contributed by atoms with Crippen molar-refractivity contribution in [3.8, 4) is 0 Å². The Morgan fingerprint density at radius 3 is 2.46 bits per heavy atom. The molecule has 9 heteroatoms. The van der Waals surface area contributed by atoms with Crippen LogP contribution in [-0.2, 0) is 16.1 Å². The first-order chi connectivity index (χ1) is 12.4. The average Bonchev–Trinajstić information content (AvgIpc) is 2.86. The van der Waals surface area contributed by atoms with Crippen molar-refractivity contribution >= 4 is 39.4 Å². The lowest BCUT2D eigenvalue weighted by atomic mass is 10.1. The SMILES string of the molecule is O=C(CN1C(=O)c2cccc([N+](=O)[O-])c2C1=O)OCc1ccc(Br)cc1. The van der Waals surface area contributed by atoms with Crippen LogP contribution in [-0.4, -0.2) is 34.2 Å². The van der Waals surface area contributed by atoms with Crippen LogP contribution < -0.4 is 0 Å². The van der Waals surface area contributed by atoms with Gasteiger partial charge in [0, 0.05) is 10.5 Å². The Bertz CT molecular complexity index is 925. The third kappa shape index (κ3) is 3.33. The molecule has 26 heavy (non-hydrogen) atoms. The van der Waals surface area contributed by atoms with Crippen LogP contribution in [0.1, 0.15) is 26.3 Å². The van der Waals surface area contributed by atoms with Gasteiger partial charge < -0.3 is 4.74 Å². The topological polar surface area (TPSA) is 107 Å². The van der Waals surface area contributed by atoms with Crippen molar-refractivity contribution < 1.29 is 24.0 Å². The zero-order valence-electron chi connectivity index (χ0n) is 13.2. The van der Waals surface area contributed by atoms with E-state index in [0.29, 0.717) is 4.90 Å². The first-order valence-corrected chi connectivity index (χ1v) is 8.21. The number of esters is 1. The normalized spacial score (nSPS) is 12.9. The van der Waals surface area contributed by atoms with Crippen LogP contribution in [0.4, 0.5) is 5.69 Å². The first kappa shape index (κ1) is 17.7. The van der Waals surface area contributed by atoms with E-state index < -0.39 is 34.9 Å². The molecule has 0 bridgehead atoms. The van der Waals surface area contributed by atoms with Crippen molar-refractivity contribution in [3.63, 3.8) is 0 Å². The summed E-state index contributed by atoms with van der Waals surface area (Å²) in [6.07, 6.45) is 0. The molecule has 1 aliphatic rings. The van der Waals surface area contributed by atoms with E-state index in [1.165, 1.54) is 12.1 Å². The van der Waals surface area contributed by atoms with Gasteiger partial charge in [-0.1, -0.05) is 34.1 Å². The van der Waals surface area contributed by atoms with E-state index in [-0.39, 0.29) is 17.7 Å². The highest BCUT2D eigenvalue weighted by molar-refractivity contribution is 9.10. The van der Waals surface area contributed by atoms with E-state index in [0.717, 1.165) is 16.1 Å². The fraction of sp³-hybridized carbons (Fsp3) is 0.118. The van der Waals surface area contributed by atoms with Gasteiger partial charge >= 0.3 is 5.97 Å². The van der Waals surface area contributed by atoms with Crippen molar-refractivity contribution in [2.24, 2.45) is 0 Å². The summed E-state index contributed by atoms with van der Waals surface area (Å²) in [5, 5.41) is 11.1. The summed E-state index contributed by atoms with van der Waals surface area (Å²) in [4.78, 5) is 47.6. The highest BCUT2D eigenvalue weighted by Gasteiger charge is 2.41. The Kier molecular flexibility index (Phi) is 4.81. The second-order valence-corrected chi connectivity index (χ2v) is 6.36. The van der Waals surface area contributed by atoms with Gasteiger partial charge in [0.1, 0.15) is 18.7 Å². The molecule has 1 aliphatic heterocycles. The number of carbonyl (C=O) groups is 3. The molecule has 0 spiro atoms. The van der Waals surface area contributed by atoms with Crippen LogP contribution in [0.2, 0.25) is 0 Å². The predicted molar refractivity (Wildman–Crippen MR) is 92.4 cm³/mol. The van der Waals surface area contributed by atoms with E-state index in [4.69, 9.17) is 4.74 Å². The maximum absolute atomic E-state index is 12.4. The highest BCUT2D eigenvalue weighted by atomic mass is 79.9. The van der Waals surface area contributed by atoms with Crippen molar-refractivity contribution in [3.05, 3.63) is 73.7 Å². The average molecular weight is 419 g/mol. The van der Waals surface area contributed by atoms with E-state index in [9.17, 15) is 24.5 Å². The second-order valence-electron chi connectivity index (χ2n) is 5.44. The van der Waals surface area contributed by atoms with Gasteiger partial charge in [-0.3, -0.25) is 29.4 Å². The lowest BCUT2D eigenvalue weighted by molar-refractivity contribution is -0.385. The Morgan fingerprint density at radius 2 is 1.81 bits per heavy atom. The molecule has 2 aromatic carbocycles. The summed E-state index contributed by atoms with van der Waals surface area (Å²) >= 11 is 3.29. The van der Waals surface area contributed by atoms with Crippen molar-refractivity contribution in [2.75, 3.05) is 6.54 Å². The number of nitrogens with zero attached hydrogens (tertiary/aromatic N) is 2. The number of nitro groups is 1. The van der Waals surface area contributed by atoms with Gasteiger partial charge in [-0.25, -0.2) is 0 Å². The van der Waals surface area contributed by atoms with Crippen LogP contribution in [0, 0.1) is 10.1 Å². The lowest BCUT2D eigenvalue weighted by Gasteiger charge is -2.13. The highest BCUT2D eigenvalue weighted by Crippen LogP contribution is 2.30. The van der Waals surface area contributed by atoms with Gasteiger partial charge in [0.05, 0.1) is 10.5 Å². The number of benzene rings is 2. The lowest BCUT2D eigenvalue weighted by Crippen LogP contribution is -2.35. The molecule has 1 heterocycles. The number of hydrogen-bond acceptors (Lipinski definition) is 6. The zero-order valence-corrected chi connectivity index (χ0v) is 14.8. The van der Waals surface area contributed by atoms with E-state index in [1.807, 2.05) is 0 Å². The minimum absolute atomic E-state index is 0.0184. The zero-order chi connectivity index (χ0) is 18.8. The summed E-state index contributed by atoms with van der Waals surface area (Å²) in [6, 6.07) is 10.8. The fourth-order valence-corrected chi connectivity index (χ4v) is 2.79. The van der Waals surface area contributed by atoms with Crippen LogP contribution in [0.15, 0.2) is 46.9 Å². The largest absolute Gasteiger partial charge is 0.459 e. The minimum atomic E-state index is -0.877. The maximum atomic E-state index is 12.4. The van der Waals surface area contributed by atoms with E-state index >= 15 is 0 Å². The summed E-state index contributed by atoms with van der Waals surface area (Å²) in [7, 11) is 0. The molecule has 0 saturated carbocycles. The van der Waals surface area contributed by atoms with Gasteiger partial charge in [-0.05, 0) is 23.8 Å². The molecular formula is C17H11BrN2O6. The molecule has 8 nitrogen and oxygen atoms in total. The summed E-state index contributed by atoms with van der Waals surface area (Å²) in [5.74, 6) is -2.42. The third-order valence-electron chi connectivity index (χ3n) is 3.77. The summed E-state index contributed by atoms with van der Waals surface area (Å²) in [5.41, 5.74) is -0.126. The molecule has 0 fully saturated rings. The third-order valence-corrected chi connectivity index (χ3v) is 4.30. The fourth-order valence-electron chi connectivity index (χ4n) is 2.53. The molecule has 0 atom stereocenters. The van der Waals surface area contributed by atoms with Crippen molar-refractivity contribution in [2.45, 2.75) is 6.61 Å². The van der Waals surface area contributed by atoms with Crippen LogP contribution in [0.5, 0.6) is 0 Å². The van der Waals surface area contributed by atoms with Crippen molar-refractivity contribution in [1.29, 1.82) is 0 Å². The first-order valence-electron chi connectivity index (χ1n) is 7.42. The second kappa shape index (κ2) is 7.04. The molecule has 0 radical (unpaired) electrons. The smallest absolute Gasteiger partial charge is 0.326 e. The van der Waals surface area contributed by atoms with E-state index in [1.54, 1.807) is 24.3 Å². The Labute approximate surface area is 155 Å². The van der Waals surface area contributed by atoms with Gasteiger partial charge in [-0.15, -0.1) is 0 Å². The molecule has 3 rings (SSSR count). The maximum Gasteiger partial charge on any atom is 0.326 e. The number of ether oxygens (including phenoxy) is 1. The van der Waals surface area contributed by atoms with Gasteiger partial charge in [0.15, 0.2) is 0 Å². The number of imide groups is 1. The number of carbonyl (C=O) groups excluding carboxylic acids is 3. The van der Waals surface area contributed by atoms with Crippen LogP contribution in [0.3, 0.4) is 0 Å². The molecule has 0 aliphatic carbocycles. The van der Waals surface area contributed by atoms with Gasteiger partial charge in [0.25, 0.3) is 17.5 Å². The number of nitro benzene ring substituents is 1. The van der Waals surface area contributed by atoms with Crippen LogP contribution in [0.25, 0.3) is 0 Å². The quantitative estimate of drug-likeness (QED) is 0.319. The predicted octanol–water partition coefficient (Wildman–Crippen LogP) is 2.70. The van der Waals surface area contributed by atoms with Crippen LogP contribution >= 0.6 is 15.9 Å². The van der Waals surface area contributed by atoms with E-state index in [2.05, 4.69) is 15.9 Å². The minimum Gasteiger partial charge on any atom is -0.459 e.